The topological polar surface area (TPSA) is 99.5 Å². The Morgan fingerprint density at radius 1 is 1.15 bits per heavy atom. The number of hydrogen-bond donors (Lipinski definition) is 1. The average Bonchev–Trinajstić information content (AvgIpc) is 3.23. The molecule has 9 heteroatoms. The lowest BCUT2D eigenvalue weighted by Gasteiger charge is -2.11. The molecule has 0 bridgehead atoms. The summed E-state index contributed by atoms with van der Waals surface area (Å²) >= 11 is 1.16. The summed E-state index contributed by atoms with van der Waals surface area (Å²) in [6.07, 6.45) is 0.154. The zero-order valence-electron chi connectivity index (χ0n) is 19.0. The number of carbonyl (C=O) groups excluding carboxylic acids is 2. The van der Waals surface area contributed by atoms with Gasteiger partial charge in [-0.1, -0.05) is 35.9 Å². The summed E-state index contributed by atoms with van der Waals surface area (Å²) in [7, 11) is 1.52. The van der Waals surface area contributed by atoms with Crippen LogP contribution in [0.1, 0.15) is 28.5 Å². The molecule has 174 valence electrons. The van der Waals surface area contributed by atoms with Gasteiger partial charge in [-0.2, -0.15) is 9.78 Å². The van der Waals surface area contributed by atoms with Crippen molar-refractivity contribution in [3.63, 3.8) is 0 Å². The quantitative estimate of drug-likeness (QED) is 0.402. The van der Waals surface area contributed by atoms with Gasteiger partial charge in [-0.15, -0.1) is 11.3 Å². The number of amides is 1. The van der Waals surface area contributed by atoms with Crippen LogP contribution in [0.5, 0.6) is 5.75 Å². The number of nitrogens with one attached hydrogen (secondary N) is 1. The highest BCUT2D eigenvalue weighted by Gasteiger charge is 2.23. The maximum Gasteiger partial charge on any atom is 0.359 e. The van der Waals surface area contributed by atoms with E-state index in [1.165, 1.54) is 7.11 Å². The Morgan fingerprint density at radius 2 is 1.94 bits per heavy atom. The van der Waals surface area contributed by atoms with E-state index in [1.54, 1.807) is 36.6 Å². The minimum atomic E-state index is -0.653. The highest BCUT2D eigenvalue weighted by atomic mass is 32.1. The number of fused-ring (bicyclic) bond motifs is 1. The molecular weight excluding hydrogens is 454 g/mol. The second-order valence-corrected chi connectivity index (χ2v) is 8.43. The fraction of sp³-hybridized carbons (Fsp3) is 0.200. The molecule has 0 saturated carbocycles. The van der Waals surface area contributed by atoms with E-state index in [4.69, 9.17) is 9.47 Å². The van der Waals surface area contributed by atoms with E-state index in [2.05, 4.69) is 10.4 Å². The van der Waals surface area contributed by atoms with Crippen LogP contribution in [-0.2, 0) is 16.0 Å². The zero-order chi connectivity index (χ0) is 24.2. The third-order valence-corrected chi connectivity index (χ3v) is 6.01. The minimum absolute atomic E-state index is 0.00490. The van der Waals surface area contributed by atoms with E-state index >= 15 is 0 Å². The first-order valence-electron chi connectivity index (χ1n) is 10.6. The highest BCUT2D eigenvalue weighted by molar-refractivity contribution is 7.16. The van der Waals surface area contributed by atoms with Crippen molar-refractivity contribution < 1.29 is 19.1 Å². The number of thiophene rings is 1. The summed E-state index contributed by atoms with van der Waals surface area (Å²) in [6.45, 7) is 3.81. The highest BCUT2D eigenvalue weighted by Crippen LogP contribution is 2.31. The lowest BCUT2D eigenvalue weighted by Crippen LogP contribution is -2.25. The Morgan fingerprint density at radius 3 is 2.68 bits per heavy atom. The number of hydrogen-bond acceptors (Lipinski definition) is 7. The van der Waals surface area contributed by atoms with Crippen LogP contribution in [0.15, 0.2) is 58.7 Å². The number of aryl methyl sites for hydroxylation is 1. The molecule has 2 aromatic heterocycles. The van der Waals surface area contributed by atoms with E-state index in [0.717, 1.165) is 27.1 Å². The van der Waals surface area contributed by atoms with E-state index in [0.29, 0.717) is 21.8 Å². The smallest absolute Gasteiger partial charge is 0.359 e. The van der Waals surface area contributed by atoms with Gasteiger partial charge in [0.2, 0.25) is 5.91 Å². The van der Waals surface area contributed by atoms with Crippen LogP contribution in [0.4, 0.5) is 5.00 Å². The van der Waals surface area contributed by atoms with Gasteiger partial charge in [-0.25, -0.2) is 4.79 Å². The molecule has 0 aliphatic carbocycles. The Hall–Kier alpha value is -3.98. The maximum absolute atomic E-state index is 13.5. The number of anilines is 1. The predicted octanol–water partition coefficient (Wildman–Crippen LogP) is 4.12. The zero-order valence-corrected chi connectivity index (χ0v) is 19.8. The van der Waals surface area contributed by atoms with Crippen LogP contribution in [-0.4, -0.2) is 35.4 Å². The number of carbonyl (C=O) groups is 2. The van der Waals surface area contributed by atoms with Crippen molar-refractivity contribution in [2.24, 2.45) is 0 Å². The molecule has 0 fully saturated rings. The van der Waals surface area contributed by atoms with Crippen molar-refractivity contribution >= 4 is 39.0 Å². The first-order chi connectivity index (χ1) is 16.4. The third kappa shape index (κ3) is 4.69. The van der Waals surface area contributed by atoms with Gasteiger partial charge in [0.05, 0.1) is 31.2 Å². The lowest BCUT2D eigenvalue weighted by molar-refractivity contribution is -0.115. The van der Waals surface area contributed by atoms with Gasteiger partial charge in [0, 0.05) is 16.8 Å². The van der Waals surface area contributed by atoms with Gasteiger partial charge in [0.25, 0.3) is 5.56 Å². The lowest BCUT2D eigenvalue weighted by atomic mass is 10.1. The Labute approximate surface area is 199 Å². The molecule has 0 radical (unpaired) electrons. The van der Waals surface area contributed by atoms with Gasteiger partial charge in [0.1, 0.15) is 10.8 Å². The molecule has 4 aromatic rings. The fourth-order valence-corrected chi connectivity index (χ4v) is 4.54. The standard InChI is InChI=1S/C25H23N3O5S/c1-4-33-25(31)22-19-14-34-23(26-20(29)12-16-8-5-7-15(2)11-16)21(19)24(30)28(27-22)17-9-6-10-18(13-17)32-3/h5-11,13-14H,4,12H2,1-3H3,(H,26,29). The van der Waals surface area contributed by atoms with Crippen molar-refractivity contribution in [2.75, 3.05) is 19.0 Å². The monoisotopic (exact) mass is 477 g/mol. The molecule has 0 aliphatic rings. The molecule has 2 aromatic carbocycles. The van der Waals surface area contributed by atoms with Crippen molar-refractivity contribution in [1.82, 2.24) is 9.78 Å². The van der Waals surface area contributed by atoms with E-state index in [1.807, 2.05) is 31.2 Å². The number of rotatable bonds is 7. The molecule has 1 N–H and O–H groups in total. The van der Waals surface area contributed by atoms with Gasteiger partial charge in [-0.3, -0.25) is 9.59 Å². The first kappa shape index (κ1) is 23.2. The predicted molar refractivity (Wildman–Crippen MR) is 131 cm³/mol. The molecule has 8 nitrogen and oxygen atoms in total. The molecule has 0 unspecified atom stereocenters. The van der Waals surface area contributed by atoms with Crippen LogP contribution in [0.2, 0.25) is 0 Å². The second kappa shape index (κ2) is 9.88. The summed E-state index contributed by atoms with van der Waals surface area (Å²) in [4.78, 5) is 38.9. The van der Waals surface area contributed by atoms with Gasteiger partial charge >= 0.3 is 5.97 Å². The summed E-state index contributed by atoms with van der Waals surface area (Å²) in [5.74, 6) is -0.392. The molecule has 0 aliphatic heterocycles. The molecule has 0 atom stereocenters. The number of aromatic nitrogens is 2. The van der Waals surface area contributed by atoms with Crippen molar-refractivity contribution in [2.45, 2.75) is 20.3 Å². The summed E-state index contributed by atoms with van der Waals surface area (Å²) < 4.78 is 11.5. The number of ether oxygens (including phenoxy) is 2. The Bertz CT molecular complexity index is 1440. The van der Waals surface area contributed by atoms with Crippen molar-refractivity contribution in [3.8, 4) is 11.4 Å². The fourth-order valence-electron chi connectivity index (χ4n) is 3.59. The Kier molecular flexibility index (Phi) is 6.74. The number of esters is 1. The van der Waals surface area contributed by atoms with Crippen molar-refractivity contribution in [3.05, 3.63) is 81.1 Å². The van der Waals surface area contributed by atoms with Crippen molar-refractivity contribution in [1.29, 1.82) is 0 Å². The number of nitrogens with zero attached hydrogens (tertiary/aromatic N) is 2. The van der Waals surface area contributed by atoms with Crippen LogP contribution >= 0.6 is 11.3 Å². The summed E-state index contributed by atoms with van der Waals surface area (Å²) in [5, 5.41) is 9.65. The molecule has 2 heterocycles. The SMILES string of the molecule is CCOC(=O)c1nn(-c2cccc(OC)c2)c(=O)c2c(NC(=O)Cc3cccc(C)c3)scc12. The van der Waals surface area contributed by atoms with Crippen LogP contribution < -0.4 is 15.6 Å². The maximum atomic E-state index is 13.5. The van der Waals surface area contributed by atoms with Gasteiger partial charge < -0.3 is 14.8 Å². The molecule has 34 heavy (non-hydrogen) atoms. The molecule has 0 saturated heterocycles. The van der Waals surface area contributed by atoms with Crippen LogP contribution in [0.25, 0.3) is 16.5 Å². The Balaban J connectivity index is 1.81. The summed E-state index contributed by atoms with van der Waals surface area (Å²) in [6, 6.07) is 14.4. The number of methoxy groups -OCH3 is 1. The van der Waals surface area contributed by atoms with Gasteiger partial charge in [-0.05, 0) is 31.5 Å². The molecule has 0 spiro atoms. The largest absolute Gasteiger partial charge is 0.497 e. The minimum Gasteiger partial charge on any atom is -0.497 e. The van der Waals surface area contributed by atoms with E-state index in [9.17, 15) is 14.4 Å². The molecule has 4 rings (SSSR count). The van der Waals surface area contributed by atoms with Crippen LogP contribution in [0, 0.1) is 6.92 Å². The average molecular weight is 478 g/mol. The molecule has 1 amide bonds. The van der Waals surface area contributed by atoms with E-state index in [-0.39, 0.29) is 30.0 Å². The van der Waals surface area contributed by atoms with Crippen LogP contribution in [0.3, 0.4) is 0 Å². The third-order valence-electron chi connectivity index (χ3n) is 5.12. The first-order valence-corrected chi connectivity index (χ1v) is 11.5. The second-order valence-electron chi connectivity index (χ2n) is 7.56. The number of benzene rings is 2. The normalized spacial score (nSPS) is 10.8. The summed E-state index contributed by atoms with van der Waals surface area (Å²) in [5.41, 5.74) is 1.86. The molecular formula is C25H23N3O5S. The van der Waals surface area contributed by atoms with Gasteiger partial charge in [0.15, 0.2) is 5.69 Å². The van der Waals surface area contributed by atoms with E-state index < -0.39 is 11.5 Å².